The van der Waals surface area contributed by atoms with Crippen LogP contribution in [0.25, 0.3) is 0 Å². The summed E-state index contributed by atoms with van der Waals surface area (Å²) in [5.41, 5.74) is -1.43. The van der Waals surface area contributed by atoms with E-state index in [1.54, 1.807) is 22.0 Å². The molecule has 258 valence electrons. The van der Waals surface area contributed by atoms with E-state index in [1.165, 1.54) is 0 Å². The third-order valence-electron chi connectivity index (χ3n) is 10.7. The van der Waals surface area contributed by atoms with Gasteiger partial charge in [-0.1, -0.05) is 88.4 Å². The Bertz CT molecular complexity index is 1520. The molecule has 2 aromatic carbocycles. The van der Waals surface area contributed by atoms with Crippen LogP contribution in [0, 0.1) is 17.3 Å². The number of fused-ring (bicyclic) bond motifs is 1. The number of hydrogen-bond acceptors (Lipinski definition) is 5. The van der Waals surface area contributed by atoms with Gasteiger partial charge in [0.15, 0.2) is 0 Å². The largest absolute Gasteiger partial charge is 0.394 e. The van der Waals surface area contributed by atoms with Crippen LogP contribution in [0.5, 0.6) is 0 Å². The number of aliphatic hydroxyl groups is 1. The second-order valence-electron chi connectivity index (χ2n) is 15.5. The van der Waals surface area contributed by atoms with Crippen molar-refractivity contribution < 1.29 is 24.2 Å². The lowest BCUT2D eigenvalue weighted by Gasteiger charge is -2.46. The molecular weight excluding hydrogens is 602 g/mol. The average molecular weight is 656 g/mol. The van der Waals surface area contributed by atoms with Crippen LogP contribution in [0.15, 0.2) is 86.0 Å². The van der Waals surface area contributed by atoms with Gasteiger partial charge >= 0.3 is 0 Å². The fourth-order valence-corrected chi connectivity index (χ4v) is 9.21. The van der Waals surface area contributed by atoms with Crippen LogP contribution in [-0.2, 0) is 19.1 Å². The normalized spacial score (nSPS) is 27.0. The van der Waals surface area contributed by atoms with Crippen molar-refractivity contribution in [3.05, 3.63) is 91.5 Å². The van der Waals surface area contributed by atoms with E-state index in [2.05, 4.69) is 47.8 Å². The first kappa shape index (κ1) is 35.6. The van der Waals surface area contributed by atoms with E-state index in [-0.39, 0.29) is 42.8 Å². The Morgan fingerprint density at radius 3 is 2.12 bits per heavy atom. The van der Waals surface area contributed by atoms with Gasteiger partial charge < -0.3 is 24.5 Å². The Kier molecular flexibility index (Phi) is 9.84. The number of ether oxygens (including phenoxy) is 1. The van der Waals surface area contributed by atoms with Crippen molar-refractivity contribution in [2.45, 2.75) is 96.1 Å². The molecule has 6 atom stereocenters. The quantitative estimate of drug-likeness (QED) is 0.255. The zero-order chi connectivity index (χ0) is 35.1. The van der Waals surface area contributed by atoms with Crippen LogP contribution in [0.3, 0.4) is 0 Å². The Morgan fingerprint density at radius 1 is 0.979 bits per heavy atom. The van der Waals surface area contributed by atoms with Gasteiger partial charge in [-0.25, -0.2) is 0 Å². The molecule has 0 radical (unpaired) electrons. The highest BCUT2D eigenvalue weighted by atomic mass is 16.5. The average Bonchev–Trinajstić information content (AvgIpc) is 3.66. The van der Waals surface area contributed by atoms with Gasteiger partial charge in [-0.05, 0) is 62.6 Å². The molecule has 3 aliphatic heterocycles. The molecular formula is C40H53N3O5. The summed E-state index contributed by atoms with van der Waals surface area (Å²) >= 11 is 0. The highest BCUT2D eigenvalue weighted by Gasteiger charge is 2.79. The minimum atomic E-state index is -1.25. The highest BCUT2D eigenvalue weighted by Crippen LogP contribution is 2.65. The molecule has 3 aliphatic rings. The molecule has 3 heterocycles. The number of amides is 3. The Morgan fingerprint density at radius 2 is 1.58 bits per heavy atom. The molecule has 1 N–H and O–H groups in total. The van der Waals surface area contributed by atoms with Crippen molar-refractivity contribution in [1.29, 1.82) is 0 Å². The number of carbonyl (C=O) groups is 3. The van der Waals surface area contributed by atoms with E-state index >= 15 is 9.59 Å². The van der Waals surface area contributed by atoms with Crippen LogP contribution in [0.1, 0.15) is 78.8 Å². The molecule has 3 saturated heterocycles. The number of para-hydroxylation sites is 1. The summed E-state index contributed by atoms with van der Waals surface area (Å²) in [5, 5.41) is 11.0. The summed E-state index contributed by atoms with van der Waals surface area (Å²) in [6.45, 7) is 20.6. The molecule has 2 unspecified atom stereocenters. The summed E-state index contributed by atoms with van der Waals surface area (Å²) in [6, 6.07) is 16.9. The second-order valence-corrected chi connectivity index (χ2v) is 15.5. The van der Waals surface area contributed by atoms with Crippen molar-refractivity contribution in [3.63, 3.8) is 0 Å². The summed E-state index contributed by atoms with van der Waals surface area (Å²) < 4.78 is 7.13. The summed E-state index contributed by atoms with van der Waals surface area (Å²) in [5.74, 6) is -2.52. The van der Waals surface area contributed by atoms with Crippen molar-refractivity contribution in [2.24, 2.45) is 17.3 Å². The molecule has 0 saturated carbocycles. The van der Waals surface area contributed by atoms with Gasteiger partial charge in [0.25, 0.3) is 0 Å². The van der Waals surface area contributed by atoms with Crippen molar-refractivity contribution in [1.82, 2.24) is 9.80 Å². The first-order valence-corrected chi connectivity index (χ1v) is 17.3. The highest BCUT2D eigenvalue weighted by molar-refractivity contribution is 6.03. The van der Waals surface area contributed by atoms with Gasteiger partial charge in [-0.3, -0.25) is 14.4 Å². The molecule has 3 fully saturated rings. The van der Waals surface area contributed by atoms with Gasteiger partial charge in [0.1, 0.15) is 11.6 Å². The third-order valence-corrected chi connectivity index (χ3v) is 10.7. The van der Waals surface area contributed by atoms with Crippen LogP contribution >= 0.6 is 0 Å². The maximum Gasteiger partial charge on any atom is 0.249 e. The molecule has 8 nitrogen and oxygen atoms in total. The van der Waals surface area contributed by atoms with E-state index in [4.69, 9.17) is 4.74 Å². The lowest BCUT2D eigenvalue weighted by Crippen LogP contribution is -2.61. The van der Waals surface area contributed by atoms with Gasteiger partial charge in [0.05, 0.1) is 30.1 Å². The van der Waals surface area contributed by atoms with Crippen LogP contribution in [-0.4, -0.2) is 75.1 Å². The zero-order valence-corrected chi connectivity index (χ0v) is 29.5. The predicted octanol–water partition coefficient (Wildman–Crippen LogP) is 6.32. The third kappa shape index (κ3) is 5.91. The summed E-state index contributed by atoms with van der Waals surface area (Å²) in [7, 11) is 0. The van der Waals surface area contributed by atoms with E-state index in [0.717, 1.165) is 0 Å². The molecule has 48 heavy (non-hydrogen) atoms. The Balaban J connectivity index is 1.69. The van der Waals surface area contributed by atoms with Crippen LogP contribution in [0.2, 0.25) is 0 Å². The Hall–Kier alpha value is -3.75. The van der Waals surface area contributed by atoms with E-state index in [9.17, 15) is 9.90 Å². The molecule has 3 amide bonds. The second kappa shape index (κ2) is 13.3. The minimum Gasteiger partial charge on any atom is -0.394 e. The van der Waals surface area contributed by atoms with Crippen molar-refractivity contribution in [2.75, 3.05) is 24.6 Å². The number of carbonyl (C=O) groups excluding carboxylic acids is 3. The zero-order valence-electron chi connectivity index (χ0n) is 29.5. The van der Waals surface area contributed by atoms with Crippen molar-refractivity contribution in [3.8, 4) is 0 Å². The number of benzene rings is 2. The van der Waals surface area contributed by atoms with Crippen molar-refractivity contribution >= 4 is 23.4 Å². The lowest BCUT2D eigenvalue weighted by atomic mass is 9.64. The summed E-state index contributed by atoms with van der Waals surface area (Å²) in [4.78, 5) is 50.5. The van der Waals surface area contributed by atoms with Gasteiger partial charge in [0.2, 0.25) is 17.7 Å². The van der Waals surface area contributed by atoms with E-state index < -0.39 is 40.7 Å². The molecule has 8 heteroatoms. The number of aliphatic hydroxyl groups excluding tert-OH is 1. The van der Waals surface area contributed by atoms with Gasteiger partial charge in [-0.2, -0.15) is 0 Å². The number of likely N-dealkylation sites (tertiary alicyclic amines) is 1. The molecule has 5 rings (SSSR count). The number of nitrogens with zero attached hydrogens (tertiary/aromatic N) is 3. The maximum atomic E-state index is 15.3. The van der Waals surface area contributed by atoms with Crippen LogP contribution in [0.4, 0.5) is 5.69 Å². The topological polar surface area (TPSA) is 90.4 Å². The summed E-state index contributed by atoms with van der Waals surface area (Å²) in [6.07, 6.45) is 5.62. The van der Waals surface area contributed by atoms with Gasteiger partial charge in [0, 0.05) is 24.3 Å². The molecule has 1 spiro atoms. The molecule has 2 aromatic rings. The predicted molar refractivity (Wildman–Crippen MR) is 189 cm³/mol. The fourth-order valence-electron chi connectivity index (χ4n) is 9.21. The van der Waals surface area contributed by atoms with E-state index in [0.29, 0.717) is 36.9 Å². The standard InChI is InChI=1S/C40H53N3O5/c1-9-24-41(29-20-16-13-17-21-29)34(45)31-32-35(46)43(30(26-44)28-18-14-12-15-19-28)33(40(32)23-22-39(31,11-3)48-40)36(47)42(25-10-2)38(7,8)27-37(4,5)6/h9-10,12-21,30-33,44H,1-2,11,22-27H2,3-8H3/t30-,31-,32+,33?,39+,40?/m1/s1. The Labute approximate surface area is 286 Å². The first-order chi connectivity index (χ1) is 22.7. The number of hydrogen-bond donors (Lipinski definition) is 1. The molecule has 0 aromatic heterocycles. The number of rotatable bonds is 13. The molecule has 2 bridgehead atoms. The smallest absolute Gasteiger partial charge is 0.249 e. The minimum absolute atomic E-state index is 0.0922. The monoisotopic (exact) mass is 655 g/mol. The first-order valence-electron chi connectivity index (χ1n) is 17.3. The van der Waals surface area contributed by atoms with Crippen LogP contribution < -0.4 is 4.90 Å². The lowest BCUT2D eigenvalue weighted by molar-refractivity contribution is -0.160. The van der Waals surface area contributed by atoms with Gasteiger partial charge in [-0.15, -0.1) is 13.2 Å². The fraction of sp³-hybridized carbons (Fsp3) is 0.525. The maximum absolute atomic E-state index is 15.3. The SMILES string of the molecule is C=CCN(C(=O)[C@H]1[C@H]2C(=O)N([C@H](CO)c3ccccc3)C(C(=O)N(CC=C)C(C)(C)CC(C)(C)C)C23CC[C@]1(CC)O3)c1ccccc1. The molecule has 0 aliphatic carbocycles. The number of anilines is 1. The van der Waals surface area contributed by atoms with E-state index in [1.807, 2.05) is 72.5 Å².